The van der Waals surface area contributed by atoms with E-state index in [2.05, 4.69) is 207 Å². The Labute approximate surface area is 350 Å². The highest BCUT2D eigenvalue weighted by Crippen LogP contribution is 2.45. The normalized spacial score (nSPS) is 12.3. The van der Waals surface area contributed by atoms with Gasteiger partial charge in [-0.25, -0.2) is 4.98 Å². The first-order valence-corrected chi connectivity index (χ1v) is 20.7. The summed E-state index contributed by atoms with van der Waals surface area (Å²) in [6.45, 7) is 22.1. The van der Waals surface area contributed by atoms with Crippen LogP contribution in [0.1, 0.15) is 84.6 Å². The van der Waals surface area contributed by atoms with Crippen LogP contribution in [0.5, 0.6) is 5.75 Å². The molecule has 8 aromatic rings. The molecule has 0 bridgehead atoms. The molecule has 8 rings (SSSR count). The van der Waals surface area contributed by atoms with Gasteiger partial charge in [0, 0.05) is 28.5 Å². The fourth-order valence-corrected chi connectivity index (χ4v) is 8.09. The Morgan fingerprint density at radius 1 is 0.492 bits per heavy atom. The smallest absolute Gasteiger partial charge is 0.149 e. The van der Waals surface area contributed by atoms with Crippen LogP contribution in [-0.2, 0) is 16.2 Å². The summed E-state index contributed by atoms with van der Waals surface area (Å²) in [7, 11) is 0. The third-order valence-electron chi connectivity index (χ3n) is 11.4. The minimum absolute atomic E-state index is 0.0588. The van der Waals surface area contributed by atoms with Crippen LogP contribution in [-0.4, -0.2) is 19.6 Å². The predicted molar refractivity (Wildman–Crippen MR) is 249 cm³/mol. The fourth-order valence-electron chi connectivity index (χ4n) is 8.09. The Hall–Kier alpha value is -6.26. The second-order valence-electron chi connectivity index (χ2n) is 19.1. The molecular weight excluding hydrogens is 719 g/mol. The van der Waals surface area contributed by atoms with Gasteiger partial charge in [-0.05, 0) is 111 Å². The summed E-state index contributed by atoms with van der Waals surface area (Å²) in [6.07, 6.45) is 1.91. The summed E-state index contributed by atoms with van der Waals surface area (Å²) in [5.74, 6) is 0.958. The first-order chi connectivity index (χ1) is 28.0. The number of fused-ring (bicyclic) bond motifs is 1. The Bertz CT molecular complexity index is 2830. The molecule has 59 heavy (non-hydrogen) atoms. The molecule has 296 valence electrons. The number of nitrogens with zero attached hydrogens (tertiary/aromatic N) is 3. The van der Waals surface area contributed by atoms with Gasteiger partial charge in [-0.2, -0.15) is 0 Å². The fraction of sp³-hybridized carbons (Fsp3) is 0.236. The van der Waals surface area contributed by atoms with Crippen molar-refractivity contribution in [1.82, 2.24) is 14.5 Å². The van der Waals surface area contributed by atoms with Gasteiger partial charge in [0.25, 0.3) is 0 Å². The molecule has 0 spiro atoms. The van der Waals surface area contributed by atoms with E-state index in [0.717, 1.165) is 72.5 Å². The molecule has 0 amide bonds. The molecular formula is C55H55N3O. The van der Waals surface area contributed by atoms with Gasteiger partial charge in [-0.3, -0.25) is 9.55 Å². The number of benzene rings is 6. The molecule has 0 unspecified atom stereocenters. The summed E-state index contributed by atoms with van der Waals surface area (Å²) in [6, 6.07) is 49.7. The van der Waals surface area contributed by atoms with Gasteiger partial charge in [0.05, 0.1) is 28.0 Å². The standard InChI is InChI=1S/C55H55N3O/c1-35-28-45(51(59)46(29-35)55(8,9)10)52-57-50-43(22-17-23-49(50)58(52)48-25-24-41(53(2,3)4)34-44(48)37-20-15-12-16-21-37)39-30-40(32-42(31-39)54(5,6)7)47-33-38(26-27-56-47)36-18-13-11-14-19-36/h11-34,59H,1-10H3. The van der Waals surface area contributed by atoms with Crippen LogP contribution in [0.4, 0.5) is 0 Å². The van der Waals surface area contributed by atoms with E-state index in [0.29, 0.717) is 11.4 Å². The van der Waals surface area contributed by atoms with Gasteiger partial charge in [-0.1, -0.05) is 153 Å². The van der Waals surface area contributed by atoms with Gasteiger partial charge >= 0.3 is 0 Å². The zero-order chi connectivity index (χ0) is 41.9. The highest BCUT2D eigenvalue weighted by Gasteiger charge is 2.28. The number of para-hydroxylation sites is 1. The van der Waals surface area contributed by atoms with Crippen LogP contribution in [0, 0.1) is 6.92 Å². The lowest BCUT2D eigenvalue weighted by molar-refractivity contribution is 0.448. The third kappa shape index (κ3) is 7.72. The summed E-state index contributed by atoms with van der Waals surface area (Å²) in [5.41, 5.74) is 16.1. The molecule has 2 aromatic heterocycles. The topological polar surface area (TPSA) is 50.9 Å². The monoisotopic (exact) mass is 773 g/mol. The van der Waals surface area contributed by atoms with Crippen molar-refractivity contribution in [2.75, 3.05) is 0 Å². The van der Waals surface area contributed by atoms with Crippen LogP contribution >= 0.6 is 0 Å². The minimum atomic E-state index is -0.286. The Balaban J connectivity index is 1.44. The van der Waals surface area contributed by atoms with Crippen molar-refractivity contribution in [3.05, 3.63) is 168 Å². The molecule has 0 aliphatic carbocycles. The first-order valence-electron chi connectivity index (χ1n) is 20.7. The molecule has 0 fully saturated rings. The van der Waals surface area contributed by atoms with Crippen LogP contribution in [0.15, 0.2) is 146 Å². The van der Waals surface area contributed by atoms with E-state index >= 15 is 0 Å². The van der Waals surface area contributed by atoms with E-state index in [1.54, 1.807) is 0 Å². The summed E-state index contributed by atoms with van der Waals surface area (Å²) in [5, 5.41) is 12.3. The number of hydrogen-bond donors (Lipinski definition) is 1. The number of hydrogen-bond acceptors (Lipinski definition) is 3. The molecule has 0 aliphatic heterocycles. The molecule has 4 nitrogen and oxygen atoms in total. The Kier molecular flexibility index (Phi) is 9.95. The second-order valence-corrected chi connectivity index (χ2v) is 19.1. The van der Waals surface area contributed by atoms with E-state index < -0.39 is 0 Å². The predicted octanol–water partition coefficient (Wildman–Crippen LogP) is 14.7. The Morgan fingerprint density at radius 3 is 1.81 bits per heavy atom. The lowest BCUT2D eigenvalue weighted by atomic mass is 9.83. The van der Waals surface area contributed by atoms with Crippen LogP contribution in [0.25, 0.3) is 72.7 Å². The van der Waals surface area contributed by atoms with Crippen molar-refractivity contribution < 1.29 is 5.11 Å². The van der Waals surface area contributed by atoms with Gasteiger partial charge in [0.2, 0.25) is 0 Å². The number of aryl methyl sites for hydroxylation is 1. The highest BCUT2D eigenvalue weighted by atomic mass is 16.3. The van der Waals surface area contributed by atoms with Crippen molar-refractivity contribution in [2.24, 2.45) is 0 Å². The maximum Gasteiger partial charge on any atom is 0.149 e. The van der Waals surface area contributed by atoms with Crippen LogP contribution < -0.4 is 0 Å². The van der Waals surface area contributed by atoms with E-state index in [4.69, 9.17) is 9.97 Å². The third-order valence-corrected chi connectivity index (χ3v) is 11.4. The number of phenols is 1. The van der Waals surface area contributed by atoms with Crippen LogP contribution in [0.3, 0.4) is 0 Å². The Morgan fingerprint density at radius 2 is 1.15 bits per heavy atom. The molecule has 0 saturated heterocycles. The van der Waals surface area contributed by atoms with Crippen molar-refractivity contribution in [2.45, 2.75) is 85.5 Å². The molecule has 0 saturated carbocycles. The number of imidazole rings is 1. The SMILES string of the molecule is Cc1cc(-c2nc3c(-c4cc(-c5cc(-c6ccccc6)ccn5)cc(C(C)(C)C)c4)cccc3n2-c2ccc(C(C)(C)C)cc2-c2ccccc2)c(O)c(C(C)(C)C)c1. The van der Waals surface area contributed by atoms with Gasteiger partial charge in [0.15, 0.2) is 0 Å². The summed E-state index contributed by atoms with van der Waals surface area (Å²) < 4.78 is 2.27. The van der Waals surface area contributed by atoms with Crippen molar-refractivity contribution in [1.29, 1.82) is 0 Å². The van der Waals surface area contributed by atoms with E-state index in [-0.39, 0.29) is 22.0 Å². The quantitative estimate of drug-likeness (QED) is 0.183. The number of aromatic hydroxyl groups is 1. The largest absolute Gasteiger partial charge is 0.507 e. The van der Waals surface area contributed by atoms with E-state index in [1.807, 2.05) is 12.3 Å². The lowest BCUT2D eigenvalue weighted by Crippen LogP contribution is -2.13. The number of aromatic nitrogens is 3. The average Bonchev–Trinajstić information content (AvgIpc) is 3.60. The summed E-state index contributed by atoms with van der Waals surface area (Å²) >= 11 is 0. The first kappa shape index (κ1) is 39.6. The lowest BCUT2D eigenvalue weighted by Gasteiger charge is -2.24. The van der Waals surface area contributed by atoms with Crippen molar-refractivity contribution in [3.8, 4) is 67.5 Å². The maximum atomic E-state index is 12.3. The minimum Gasteiger partial charge on any atom is -0.507 e. The summed E-state index contributed by atoms with van der Waals surface area (Å²) in [4.78, 5) is 10.5. The number of pyridine rings is 1. The maximum absolute atomic E-state index is 12.3. The molecule has 1 N–H and O–H groups in total. The van der Waals surface area contributed by atoms with Gasteiger partial charge < -0.3 is 5.11 Å². The molecule has 0 aliphatic rings. The second kappa shape index (κ2) is 14.8. The molecule has 0 atom stereocenters. The van der Waals surface area contributed by atoms with Crippen molar-refractivity contribution >= 4 is 11.0 Å². The molecule has 6 aromatic carbocycles. The van der Waals surface area contributed by atoms with E-state index in [9.17, 15) is 5.11 Å². The molecule has 4 heteroatoms. The zero-order valence-corrected chi connectivity index (χ0v) is 36.1. The van der Waals surface area contributed by atoms with E-state index in [1.165, 1.54) is 11.1 Å². The number of rotatable bonds is 6. The number of phenolic OH excluding ortho intramolecular Hbond substituents is 1. The highest BCUT2D eigenvalue weighted by molar-refractivity contribution is 5.98. The molecule has 2 heterocycles. The van der Waals surface area contributed by atoms with Gasteiger partial charge in [0.1, 0.15) is 11.6 Å². The van der Waals surface area contributed by atoms with Crippen LogP contribution in [0.2, 0.25) is 0 Å². The van der Waals surface area contributed by atoms with Crippen molar-refractivity contribution in [3.63, 3.8) is 0 Å². The zero-order valence-electron chi connectivity index (χ0n) is 36.1. The van der Waals surface area contributed by atoms with Gasteiger partial charge in [-0.15, -0.1) is 0 Å². The average molecular weight is 774 g/mol. The molecule has 0 radical (unpaired) electrons.